The van der Waals surface area contributed by atoms with E-state index in [1.54, 1.807) is 12.1 Å². The Morgan fingerprint density at radius 3 is 2.27 bits per heavy atom. The van der Waals surface area contributed by atoms with Gasteiger partial charge in [-0.15, -0.1) is 0 Å². The second kappa shape index (κ2) is 5.67. The molecule has 0 atom stereocenters. The fourth-order valence-electron chi connectivity index (χ4n) is 0.802. The lowest BCUT2D eigenvalue weighted by atomic mass is 10.3. The molecule has 0 radical (unpaired) electrons. The van der Waals surface area contributed by atoms with Crippen LogP contribution in [0.25, 0.3) is 0 Å². The van der Waals surface area contributed by atoms with Gasteiger partial charge in [-0.05, 0) is 44.0 Å². The SMILES string of the molecule is O=C(O)C=COc1c(Br)cc(Br)cc1Br. The van der Waals surface area contributed by atoms with Crippen LogP contribution < -0.4 is 4.74 Å². The summed E-state index contributed by atoms with van der Waals surface area (Å²) in [6, 6.07) is 3.60. The number of ether oxygens (including phenoxy) is 1. The van der Waals surface area contributed by atoms with Crippen molar-refractivity contribution < 1.29 is 14.6 Å². The van der Waals surface area contributed by atoms with Gasteiger partial charge >= 0.3 is 5.97 Å². The molecule has 80 valence electrons. The summed E-state index contributed by atoms with van der Waals surface area (Å²) in [5.41, 5.74) is 0. The molecule has 0 bridgehead atoms. The monoisotopic (exact) mass is 398 g/mol. The summed E-state index contributed by atoms with van der Waals surface area (Å²) >= 11 is 9.91. The maximum absolute atomic E-state index is 10.2. The number of benzene rings is 1. The summed E-state index contributed by atoms with van der Waals surface area (Å²) in [7, 11) is 0. The molecular weight excluding hydrogens is 396 g/mol. The van der Waals surface area contributed by atoms with Crippen LogP contribution in [0.15, 0.2) is 37.9 Å². The summed E-state index contributed by atoms with van der Waals surface area (Å²) in [5.74, 6) is -0.532. The van der Waals surface area contributed by atoms with E-state index in [1.807, 2.05) is 0 Å². The molecule has 3 nitrogen and oxygen atoms in total. The molecule has 0 heterocycles. The van der Waals surface area contributed by atoms with Crippen molar-refractivity contribution in [3.63, 3.8) is 0 Å². The van der Waals surface area contributed by atoms with Crippen LogP contribution in [0, 0.1) is 0 Å². The third kappa shape index (κ3) is 3.96. The molecule has 15 heavy (non-hydrogen) atoms. The Hall–Kier alpha value is -0.330. The van der Waals surface area contributed by atoms with Crippen LogP contribution in [0.4, 0.5) is 0 Å². The van der Waals surface area contributed by atoms with Crippen molar-refractivity contribution in [3.8, 4) is 5.75 Å². The number of carboxylic acids is 1. The molecule has 0 unspecified atom stereocenters. The van der Waals surface area contributed by atoms with E-state index in [-0.39, 0.29) is 0 Å². The van der Waals surface area contributed by atoms with E-state index in [0.29, 0.717) is 5.75 Å². The number of hydrogen-bond donors (Lipinski definition) is 1. The Morgan fingerprint density at radius 1 is 1.27 bits per heavy atom. The molecule has 0 aliphatic heterocycles. The zero-order chi connectivity index (χ0) is 11.4. The zero-order valence-electron chi connectivity index (χ0n) is 7.21. The molecular formula is C9H5Br3O3. The van der Waals surface area contributed by atoms with Gasteiger partial charge in [0.05, 0.1) is 21.3 Å². The van der Waals surface area contributed by atoms with E-state index in [2.05, 4.69) is 47.8 Å². The van der Waals surface area contributed by atoms with Crippen LogP contribution in [-0.4, -0.2) is 11.1 Å². The van der Waals surface area contributed by atoms with Crippen molar-refractivity contribution >= 4 is 53.8 Å². The summed E-state index contributed by atoms with van der Waals surface area (Å²) in [4.78, 5) is 10.2. The van der Waals surface area contributed by atoms with Crippen molar-refractivity contribution in [2.75, 3.05) is 0 Å². The Morgan fingerprint density at radius 2 is 1.80 bits per heavy atom. The highest BCUT2D eigenvalue weighted by molar-refractivity contribution is 9.11. The van der Waals surface area contributed by atoms with E-state index >= 15 is 0 Å². The molecule has 1 aromatic rings. The Labute approximate surface area is 112 Å². The molecule has 0 aliphatic rings. The second-order valence-electron chi connectivity index (χ2n) is 2.46. The molecule has 0 spiro atoms. The van der Waals surface area contributed by atoms with Crippen LogP contribution in [0.1, 0.15) is 0 Å². The van der Waals surface area contributed by atoms with Gasteiger partial charge in [0.2, 0.25) is 0 Å². The van der Waals surface area contributed by atoms with E-state index in [9.17, 15) is 4.79 Å². The Kier molecular flexibility index (Phi) is 4.82. The fourth-order valence-corrected chi connectivity index (χ4v) is 3.25. The number of carboxylic acid groups (broad SMARTS) is 1. The van der Waals surface area contributed by atoms with Crippen LogP contribution in [0.2, 0.25) is 0 Å². The van der Waals surface area contributed by atoms with Gasteiger partial charge in [-0.2, -0.15) is 0 Å². The van der Waals surface area contributed by atoms with Crippen LogP contribution in [0.5, 0.6) is 5.75 Å². The molecule has 0 fully saturated rings. The third-order valence-electron chi connectivity index (χ3n) is 1.36. The normalized spacial score (nSPS) is 10.6. The quantitative estimate of drug-likeness (QED) is 0.617. The van der Waals surface area contributed by atoms with Gasteiger partial charge in [0.15, 0.2) is 5.75 Å². The van der Waals surface area contributed by atoms with Crippen LogP contribution in [-0.2, 0) is 4.79 Å². The summed E-state index contributed by atoms with van der Waals surface area (Å²) in [6.07, 6.45) is 2.03. The predicted molar refractivity (Wildman–Crippen MR) is 66.9 cm³/mol. The van der Waals surface area contributed by atoms with Crippen molar-refractivity contribution in [3.05, 3.63) is 37.9 Å². The van der Waals surface area contributed by atoms with E-state index in [1.165, 1.54) is 0 Å². The van der Waals surface area contributed by atoms with Crippen LogP contribution in [0.3, 0.4) is 0 Å². The molecule has 0 saturated carbocycles. The number of halogens is 3. The lowest BCUT2D eigenvalue weighted by Crippen LogP contribution is -1.91. The number of carbonyl (C=O) groups is 1. The average molecular weight is 401 g/mol. The smallest absolute Gasteiger partial charge is 0.331 e. The maximum Gasteiger partial charge on any atom is 0.331 e. The molecule has 0 aliphatic carbocycles. The first-order chi connectivity index (χ1) is 7.00. The van der Waals surface area contributed by atoms with E-state index in [0.717, 1.165) is 25.8 Å². The maximum atomic E-state index is 10.2. The lowest BCUT2D eigenvalue weighted by molar-refractivity contribution is -0.131. The Bertz CT molecular complexity index is 392. The molecule has 0 saturated heterocycles. The topological polar surface area (TPSA) is 46.5 Å². The van der Waals surface area contributed by atoms with Gasteiger partial charge in [-0.25, -0.2) is 4.79 Å². The number of hydrogen-bond acceptors (Lipinski definition) is 2. The second-order valence-corrected chi connectivity index (χ2v) is 5.08. The van der Waals surface area contributed by atoms with Gasteiger partial charge < -0.3 is 9.84 Å². The first-order valence-electron chi connectivity index (χ1n) is 3.71. The van der Waals surface area contributed by atoms with E-state index in [4.69, 9.17) is 9.84 Å². The molecule has 0 amide bonds. The van der Waals surface area contributed by atoms with Crippen molar-refractivity contribution in [1.29, 1.82) is 0 Å². The molecule has 0 aromatic heterocycles. The summed E-state index contributed by atoms with van der Waals surface area (Å²) in [5, 5.41) is 8.38. The summed E-state index contributed by atoms with van der Waals surface area (Å²) < 4.78 is 7.48. The highest BCUT2D eigenvalue weighted by Crippen LogP contribution is 2.36. The van der Waals surface area contributed by atoms with Crippen molar-refractivity contribution in [2.45, 2.75) is 0 Å². The molecule has 1 N–H and O–H groups in total. The first kappa shape index (κ1) is 12.7. The molecule has 1 rings (SSSR count). The fraction of sp³-hybridized carbons (Fsp3) is 0. The summed E-state index contributed by atoms with van der Waals surface area (Å²) in [6.45, 7) is 0. The molecule has 6 heteroatoms. The van der Waals surface area contributed by atoms with Crippen molar-refractivity contribution in [1.82, 2.24) is 0 Å². The number of aliphatic carboxylic acids is 1. The molecule has 1 aromatic carbocycles. The largest absolute Gasteiger partial charge is 0.478 e. The van der Waals surface area contributed by atoms with E-state index < -0.39 is 5.97 Å². The predicted octanol–water partition coefficient (Wildman–Crippen LogP) is 3.95. The zero-order valence-corrected chi connectivity index (χ0v) is 12.0. The van der Waals surface area contributed by atoms with Gasteiger partial charge in [-0.3, -0.25) is 0 Å². The third-order valence-corrected chi connectivity index (χ3v) is 3.00. The van der Waals surface area contributed by atoms with Gasteiger partial charge in [-0.1, -0.05) is 15.9 Å². The number of rotatable bonds is 3. The minimum absolute atomic E-state index is 0.524. The highest BCUT2D eigenvalue weighted by Gasteiger charge is 2.06. The standard InChI is InChI=1S/C9H5Br3O3/c10-5-3-6(11)9(7(12)4-5)15-2-1-8(13)14/h1-4H,(H,13,14). The Balaban J connectivity index is 2.90. The minimum Gasteiger partial charge on any atom is -0.478 e. The van der Waals surface area contributed by atoms with Crippen molar-refractivity contribution in [2.24, 2.45) is 0 Å². The van der Waals surface area contributed by atoms with Gasteiger partial charge in [0.25, 0.3) is 0 Å². The average Bonchev–Trinajstić information content (AvgIpc) is 2.08. The minimum atomic E-state index is -1.06. The first-order valence-corrected chi connectivity index (χ1v) is 6.09. The lowest BCUT2D eigenvalue weighted by Gasteiger charge is -2.06. The van der Waals surface area contributed by atoms with Gasteiger partial charge in [0.1, 0.15) is 0 Å². The van der Waals surface area contributed by atoms with Crippen LogP contribution >= 0.6 is 47.8 Å². The highest BCUT2D eigenvalue weighted by atomic mass is 79.9. The van der Waals surface area contributed by atoms with Gasteiger partial charge in [0, 0.05) is 4.47 Å².